The van der Waals surface area contributed by atoms with Crippen molar-refractivity contribution < 1.29 is 23.5 Å². The number of unbranched alkanes of at least 4 members (excludes halogenated alkanes) is 2. The summed E-state index contributed by atoms with van der Waals surface area (Å²) in [5, 5.41) is 4.83. The second kappa shape index (κ2) is 9.02. The van der Waals surface area contributed by atoms with Crippen LogP contribution >= 0.6 is 0 Å². The number of imide groups is 1. The Morgan fingerprint density at radius 3 is 2.32 bits per heavy atom. The largest absolute Gasteiger partial charge is 0.495 e. The lowest BCUT2D eigenvalue weighted by Gasteiger charge is -2.13. The summed E-state index contributed by atoms with van der Waals surface area (Å²) < 4.78 is 11.4. The fourth-order valence-electron chi connectivity index (χ4n) is 4.41. The first-order chi connectivity index (χ1) is 16.6. The van der Waals surface area contributed by atoms with Gasteiger partial charge in [-0.05, 0) is 37.1 Å². The quantitative estimate of drug-likeness (QED) is 0.284. The summed E-state index contributed by atoms with van der Waals surface area (Å²) in [5.74, 6) is -0.0506. The van der Waals surface area contributed by atoms with Gasteiger partial charge in [-0.25, -0.2) is 0 Å². The molecule has 172 valence electrons. The summed E-state index contributed by atoms with van der Waals surface area (Å²) in [6, 6.07) is 18.3. The van der Waals surface area contributed by atoms with Gasteiger partial charge in [0.25, 0.3) is 11.8 Å². The predicted molar refractivity (Wildman–Crippen MR) is 129 cm³/mol. The Balaban J connectivity index is 1.15. The summed E-state index contributed by atoms with van der Waals surface area (Å²) in [7, 11) is 1.57. The van der Waals surface area contributed by atoms with E-state index in [9.17, 15) is 14.4 Å². The van der Waals surface area contributed by atoms with Crippen molar-refractivity contribution in [2.75, 3.05) is 19.0 Å². The molecule has 1 aliphatic heterocycles. The van der Waals surface area contributed by atoms with E-state index in [2.05, 4.69) is 5.32 Å². The molecular weight excluding hydrogens is 432 g/mol. The van der Waals surface area contributed by atoms with Gasteiger partial charge in [-0.3, -0.25) is 19.3 Å². The molecule has 0 atom stereocenters. The van der Waals surface area contributed by atoms with Gasteiger partial charge in [0.1, 0.15) is 16.9 Å². The topological polar surface area (TPSA) is 88.9 Å². The van der Waals surface area contributed by atoms with Crippen molar-refractivity contribution in [1.82, 2.24) is 4.90 Å². The molecule has 3 amide bonds. The van der Waals surface area contributed by atoms with E-state index in [4.69, 9.17) is 9.15 Å². The lowest BCUT2D eigenvalue weighted by molar-refractivity contribution is -0.116. The Kier molecular flexibility index (Phi) is 5.76. The molecule has 0 unspecified atom stereocenters. The van der Waals surface area contributed by atoms with Crippen LogP contribution in [0.3, 0.4) is 0 Å². The fraction of sp³-hybridized carbons (Fsp3) is 0.222. The number of benzene rings is 3. The first kappa shape index (κ1) is 21.7. The van der Waals surface area contributed by atoms with E-state index in [1.54, 1.807) is 37.4 Å². The van der Waals surface area contributed by atoms with Crippen LogP contribution in [0.5, 0.6) is 5.75 Å². The summed E-state index contributed by atoms with van der Waals surface area (Å²) in [6.07, 6.45) is 2.33. The van der Waals surface area contributed by atoms with E-state index in [1.807, 2.05) is 30.3 Å². The average Bonchev–Trinajstić information content (AvgIpc) is 3.33. The molecule has 4 aromatic rings. The van der Waals surface area contributed by atoms with E-state index in [0.717, 1.165) is 22.8 Å². The minimum absolute atomic E-state index is 0.130. The number of hydrogen-bond acceptors (Lipinski definition) is 5. The van der Waals surface area contributed by atoms with Crippen LogP contribution in [0.25, 0.3) is 21.9 Å². The molecule has 0 bridgehead atoms. The van der Waals surface area contributed by atoms with Crippen LogP contribution in [0.4, 0.5) is 5.69 Å². The van der Waals surface area contributed by atoms with Gasteiger partial charge in [0.2, 0.25) is 5.91 Å². The molecule has 0 spiro atoms. The molecule has 3 aromatic carbocycles. The van der Waals surface area contributed by atoms with Crippen molar-refractivity contribution >= 4 is 45.3 Å². The molecule has 1 aliphatic rings. The van der Waals surface area contributed by atoms with Crippen LogP contribution in [0.15, 0.2) is 65.1 Å². The van der Waals surface area contributed by atoms with Crippen molar-refractivity contribution in [3.05, 3.63) is 71.8 Å². The van der Waals surface area contributed by atoms with E-state index in [1.165, 1.54) is 4.90 Å². The minimum Gasteiger partial charge on any atom is -0.495 e. The molecule has 0 radical (unpaired) electrons. The van der Waals surface area contributed by atoms with Gasteiger partial charge in [0, 0.05) is 29.8 Å². The highest BCUT2D eigenvalue weighted by Gasteiger charge is 2.34. The minimum atomic E-state index is -0.244. The Bertz CT molecular complexity index is 1390. The zero-order chi connectivity index (χ0) is 23.7. The second-order valence-electron chi connectivity index (χ2n) is 8.31. The van der Waals surface area contributed by atoms with Gasteiger partial charge in [-0.2, -0.15) is 0 Å². The summed E-state index contributed by atoms with van der Waals surface area (Å²) >= 11 is 0. The maximum Gasteiger partial charge on any atom is 0.261 e. The van der Waals surface area contributed by atoms with Gasteiger partial charge >= 0.3 is 0 Å². The lowest BCUT2D eigenvalue weighted by Crippen LogP contribution is -2.30. The number of carbonyl (C=O) groups excluding carboxylic acids is 3. The molecule has 7 nitrogen and oxygen atoms in total. The van der Waals surface area contributed by atoms with Crippen molar-refractivity contribution in [2.24, 2.45) is 0 Å². The molecule has 2 heterocycles. The molecule has 34 heavy (non-hydrogen) atoms. The van der Waals surface area contributed by atoms with Gasteiger partial charge in [-0.15, -0.1) is 0 Å². The number of nitrogens with zero attached hydrogens (tertiary/aromatic N) is 1. The third-order valence-corrected chi connectivity index (χ3v) is 6.14. The third-order valence-electron chi connectivity index (χ3n) is 6.14. The second-order valence-corrected chi connectivity index (χ2v) is 8.31. The summed E-state index contributed by atoms with van der Waals surface area (Å²) in [4.78, 5) is 38.7. The molecule has 0 saturated carbocycles. The van der Waals surface area contributed by atoms with Crippen LogP contribution in [-0.2, 0) is 4.79 Å². The number of ether oxygens (including phenoxy) is 1. The summed E-state index contributed by atoms with van der Waals surface area (Å²) in [5.41, 5.74) is 2.94. The van der Waals surface area contributed by atoms with Crippen LogP contribution in [-0.4, -0.2) is 36.3 Å². The molecule has 5 rings (SSSR count). The maximum atomic E-state index is 12.5. The number of hydrogen-bond donors (Lipinski definition) is 1. The van der Waals surface area contributed by atoms with Crippen molar-refractivity contribution in [3.8, 4) is 5.75 Å². The lowest BCUT2D eigenvalue weighted by atomic mass is 10.1. The number of anilines is 1. The smallest absolute Gasteiger partial charge is 0.261 e. The molecule has 7 heteroatoms. The van der Waals surface area contributed by atoms with Crippen LogP contribution in [0.1, 0.15) is 46.4 Å². The Morgan fingerprint density at radius 1 is 0.882 bits per heavy atom. The molecular formula is C27H24N2O5. The monoisotopic (exact) mass is 456 g/mol. The zero-order valence-corrected chi connectivity index (χ0v) is 18.8. The number of carbonyl (C=O) groups is 3. The Hall–Kier alpha value is -4.13. The molecule has 0 aliphatic carbocycles. The van der Waals surface area contributed by atoms with Gasteiger partial charge < -0.3 is 14.5 Å². The Morgan fingerprint density at radius 2 is 1.59 bits per heavy atom. The number of fused-ring (bicyclic) bond motifs is 4. The highest BCUT2D eigenvalue weighted by Crippen LogP contribution is 2.36. The van der Waals surface area contributed by atoms with Crippen LogP contribution in [0.2, 0.25) is 0 Å². The van der Waals surface area contributed by atoms with E-state index in [-0.39, 0.29) is 17.7 Å². The highest BCUT2D eigenvalue weighted by molar-refractivity contribution is 6.21. The number of nitrogens with one attached hydrogen (secondary N) is 1. The van der Waals surface area contributed by atoms with E-state index < -0.39 is 0 Å². The van der Waals surface area contributed by atoms with Crippen LogP contribution < -0.4 is 10.1 Å². The standard InChI is InChI=1S/C27H24N2O5/c1-33-24-15-20-17-9-6-7-12-22(17)34-23(20)16-21(24)28-25(30)13-3-2-8-14-29-26(31)18-10-4-5-11-19(18)27(29)32/h4-7,9-12,15-16H,2-3,8,13-14H2,1H3,(H,28,30). The number of furan rings is 1. The van der Waals surface area contributed by atoms with Crippen LogP contribution in [0, 0.1) is 0 Å². The van der Waals surface area contributed by atoms with Gasteiger partial charge in [0.05, 0.1) is 23.9 Å². The number of rotatable bonds is 8. The SMILES string of the molecule is COc1cc2c(cc1NC(=O)CCCCCN1C(=O)c3ccccc3C1=O)oc1ccccc12. The van der Waals surface area contributed by atoms with E-state index in [0.29, 0.717) is 54.0 Å². The van der Waals surface area contributed by atoms with Gasteiger partial charge in [0.15, 0.2) is 0 Å². The first-order valence-electron chi connectivity index (χ1n) is 11.3. The molecule has 1 aromatic heterocycles. The number of methoxy groups -OCH3 is 1. The molecule has 1 N–H and O–H groups in total. The fourth-order valence-corrected chi connectivity index (χ4v) is 4.41. The van der Waals surface area contributed by atoms with Crippen molar-refractivity contribution in [1.29, 1.82) is 0 Å². The van der Waals surface area contributed by atoms with Crippen molar-refractivity contribution in [2.45, 2.75) is 25.7 Å². The molecule has 0 fully saturated rings. The Labute approximate surface area is 196 Å². The number of amides is 3. The summed E-state index contributed by atoms with van der Waals surface area (Å²) in [6.45, 7) is 0.352. The van der Waals surface area contributed by atoms with Crippen molar-refractivity contribution in [3.63, 3.8) is 0 Å². The zero-order valence-electron chi connectivity index (χ0n) is 18.8. The molecule has 0 saturated heterocycles. The maximum absolute atomic E-state index is 12.5. The van der Waals surface area contributed by atoms with Gasteiger partial charge in [-0.1, -0.05) is 36.8 Å². The number of para-hydroxylation sites is 1. The first-order valence-corrected chi connectivity index (χ1v) is 11.3. The predicted octanol–water partition coefficient (Wildman–Crippen LogP) is 5.39. The van der Waals surface area contributed by atoms with E-state index >= 15 is 0 Å². The third kappa shape index (κ3) is 3.90. The average molecular weight is 456 g/mol. The normalized spacial score (nSPS) is 13.0. The highest BCUT2D eigenvalue weighted by atomic mass is 16.5.